The van der Waals surface area contributed by atoms with Crippen molar-refractivity contribution < 1.29 is 18.7 Å². The molecule has 146 valence electrons. The van der Waals surface area contributed by atoms with Crippen molar-refractivity contribution >= 4 is 18.8 Å². The molecule has 0 fully saturated rings. The van der Waals surface area contributed by atoms with Crippen molar-refractivity contribution in [3.05, 3.63) is 65.9 Å². The first-order valence-corrected chi connectivity index (χ1v) is 11.3. The van der Waals surface area contributed by atoms with Gasteiger partial charge in [-0.1, -0.05) is 0 Å². The van der Waals surface area contributed by atoms with E-state index in [1.165, 1.54) is 5.56 Å². The molecule has 0 atom stereocenters. The van der Waals surface area contributed by atoms with Crippen LogP contribution in [0.2, 0.25) is 0 Å². The van der Waals surface area contributed by atoms with Gasteiger partial charge < -0.3 is 0 Å². The number of aryl methyl sites for hydroxylation is 1. The van der Waals surface area contributed by atoms with Crippen LogP contribution < -0.4 is 4.74 Å². The first-order valence-electron chi connectivity index (χ1n) is 9.32. The monoisotopic (exact) mass is 389 g/mol. The van der Waals surface area contributed by atoms with E-state index < -0.39 is 7.94 Å². The van der Waals surface area contributed by atoms with Crippen LogP contribution in [-0.4, -0.2) is 29.0 Å². The molecule has 2 aromatic carbocycles. The first kappa shape index (κ1) is 19.8. The number of hydrogen-bond acceptors (Lipinski definition) is 4. The Bertz CT molecular complexity index is 873. The number of nitrogens with zero attached hydrogens (tertiary/aromatic N) is 1. The third-order valence-corrected chi connectivity index (χ3v) is 6.43. The van der Waals surface area contributed by atoms with Crippen LogP contribution in [0, 0.1) is 6.92 Å². The standard InChI is InChI=1S/C21H28NO4P/c1-4-25-27(23,26-5-2)16-24-21-13-9-12-20-19(21)14-17(3)22(20)15-18-10-7-6-8-11-18/h6-14,23,27H,4-5,15-16H2,1-3H3. The Morgan fingerprint density at radius 3 is 2.33 bits per heavy atom. The number of hydrogen-bond donors (Lipinski definition) is 1. The van der Waals surface area contributed by atoms with Crippen LogP contribution in [0.15, 0.2) is 54.6 Å². The molecule has 0 saturated carbocycles. The second-order valence-corrected chi connectivity index (χ2v) is 8.71. The minimum atomic E-state index is -3.32. The number of ether oxygens (including phenoxy) is 1. The molecule has 1 aromatic heterocycles. The summed E-state index contributed by atoms with van der Waals surface area (Å²) in [5.41, 5.74) is 3.51. The number of rotatable bonds is 9. The molecule has 0 spiro atoms. The van der Waals surface area contributed by atoms with E-state index in [0.717, 1.165) is 28.9 Å². The van der Waals surface area contributed by atoms with E-state index in [1.807, 2.05) is 32.0 Å². The van der Waals surface area contributed by atoms with Gasteiger partial charge in [0.25, 0.3) is 0 Å². The third-order valence-electron chi connectivity index (χ3n) is 4.45. The molecule has 0 aliphatic heterocycles. The Morgan fingerprint density at radius 1 is 0.963 bits per heavy atom. The summed E-state index contributed by atoms with van der Waals surface area (Å²) in [6.45, 7) is 7.36. The molecule has 27 heavy (non-hydrogen) atoms. The van der Waals surface area contributed by atoms with Crippen LogP contribution in [0.4, 0.5) is 0 Å². The third kappa shape index (κ3) is 4.69. The van der Waals surface area contributed by atoms with Crippen molar-refractivity contribution in [2.75, 3.05) is 19.6 Å². The summed E-state index contributed by atoms with van der Waals surface area (Å²) in [7, 11) is -3.32. The van der Waals surface area contributed by atoms with Gasteiger partial charge in [-0.25, -0.2) is 0 Å². The molecule has 1 heterocycles. The summed E-state index contributed by atoms with van der Waals surface area (Å²) in [5.74, 6) is 0.729. The minimum absolute atomic E-state index is 0.0384. The van der Waals surface area contributed by atoms with Crippen LogP contribution in [-0.2, 0) is 15.6 Å². The van der Waals surface area contributed by atoms with Gasteiger partial charge in [0.1, 0.15) is 0 Å². The number of fused-ring (bicyclic) bond motifs is 1. The summed E-state index contributed by atoms with van der Waals surface area (Å²) in [4.78, 5) is 10.6. The molecule has 0 aliphatic rings. The zero-order valence-corrected chi connectivity index (χ0v) is 17.1. The van der Waals surface area contributed by atoms with Crippen LogP contribution in [0.3, 0.4) is 0 Å². The molecule has 3 aromatic rings. The zero-order valence-electron chi connectivity index (χ0n) is 16.1. The van der Waals surface area contributed by atoms with Gasteiger partial charge in [-0.05, 0) is 0 Å². The van der Waals surface area contributed by atoms with Gasteiger partial charge in [0.2, 0.25) is 0 Å². The quantitative estimate of drug-likeness (QED) is 0.529. The Kier molecular flexibility index (Phi) is 6.51. The Balaban J connectivity index is 1.86. The summed E-state index contributed by atoms with van der Waals surface area (Å²) in [5, 5.41) is 1.02. The zero-order chi connectivity index (χ0) is 19.3. The molecule has 0 aliphatic carbocycles. The van der Waals surface area contributed by atoms with Crippen molar-refractivity contribution in [2.24, 2.45) is 0 Å². The maximum absolute atomic E-state index is 10.6. The second kappa shape index (κ2) is 8.85. The molecular weight excluding hydrogens is 361 g/mol. The van der Waals surface area contributed by atoms with E-state index in [9.17, 15) is 4.89 Å². The molecule has 0 amide bonds. The molecule has 1 N–H and O–H groups in total. The van der Waals surface area contributed by atoms with Crippen molar-refractivity contribution in [2.45, 2.75) is 27.3 Å². The summed E-state index contributed by atoms with van der Waals surface area (Å²) in [6, 6.07) is 18.5. The topological polar surface area (TPSA) is 52.8 Å². The number of aromatic nitrogens is 1. The van der Waals surface area contributed by atoms with Gasteiger partial charge in [0.05, 0.1) is 0 Å². The molecule has 3 rings (SSSR count). The van der Waals surface area contributed by atoms with Crippen molar-refractivity contribution in [1.82, 2.24) is 4.57 Å². The summed E-state index contributed by atoms with van der Waals surface area (Å²) < 4.78 is 19.1. The Labute approximate surface area is 161 Å². The van der Waals surface area contributed by atoms with Crippen LogP contribution in [0.5, 0.6) is 5.75 Å². The van der Waals surface area contributed by atoms with Gasteiger partial charge in [-0.2, -0.15) is 0 Å². The van der Waals surface area contributed by atoms with E-state index in [-0.39, 0.29) is 6.35 Å². The van der Waals surface area contributed by atoms with Crippen molar-refractivity contribution in [3.63, 3.8) is 0 Å². The predicted octanol–water partition coefficient (Wildman–Crippen LogP) is 4.89. The fourth-order valence-corrected chi connectivity index (χ4v) is 4.73. The van der Waals surface area contributed by atoms with Crippen LogP contribution in [0.25, 0.3) is 10.9 Å². The van der Waals surface area contributed by atoms with E-state index >= 15 is 0 Å². The van der Waals surface area contributed by atoms with Crippen LogP contribution in [0.1, 0.15) is 25.1 Å². The normalized spacial score (nSPS) is 12.4. The first-order chi connectivity index (χ1) is 13.1. The van der Waals surface area contributed by atoms with Gasteiger partial charge in [-0.15, -0.1) is 0 Å². The predicted molar refractivity (Wildman–Crippen MR) is 111 cm³/mol. The van der Waals surface area contributed by atoms with Gasteiger partial charge in [-0.3, -0.25) is 0 Å². The summed E-state index contributed by atoms with van der Waals surface area (Å²) >= 11 is 0. The maximum atomic E-state index is 10.6. The van der Waals surface area contributed by atoms with Gasteiger partial charge in [0.15, 0.2) is 0 Å². The Hall–Kier alpha value is -1.91. The van der Waals surface area contributed by atoms with Crippen molar-refractivity contribution in [1.29, 1.82) is 0 Å². The van der Waals surface area contributed by atoms with Gasteiger partial charge in [0, 0.05) is 0 Å². The molecule has 0 radical (unpaired) electrons. The van der Waals surface area contributed by atoms with Gasteiger partial charge >= 0.3 is 161 Å². The number of benzene rings is 2. The average Bonchev–Trinajstić information content (AvgIpc) is 2.97. The van der Waals surface area contributed by atoms with E-state index in [1.54, 1.807) is 0 Å². The van der Waals surface area contributed by atoms with E-state index in [4.69, 9.17) is 13.8 Å². The Morgan fingerprint density at radius 2 is 1.67 bits per heavy atom. The average molecular weight is 389 g/mol. The van der Waals surface area contributed by atoms with Crippen molar-refractivity contribution in [3.8, 4) is 5.75 Å². The SMILES string of the molecule is CCO[PH](O)(COc1cccc2c1cc(C)n2Cc1ccccc1)OCC. The fourth-order valence-electron chi connectivity index (χ4n) is 3.24. The summed E-state index contributed by atoms with van der Waals surface area (Å²) in [6.07, 6.45) is 0.0384. The van der Waals surface area contributed by atoms with Crippen LogP contribution >= 0.6 is 7.94 Å². The molecule has 6 heteroatoms. The molecule has 5 nitrogen and oxygen atoms in total. The van der Waals surface area contributed by atoms with E-state index in [2.05, 4.69) is 47.9 Å². The fraction of sp³-hybridized carbons (Fsp3) is 0.333. The van der Waals surface area contributed by atoms with E-state index in [0.29, 0.717) is 13.2 Å². The molecule has 0 unspecified atom stereocenters. The molecule has 0 saturated heterocycles. The molecular formula is C21H28NO4P. The second-order valence-electron chi connectivity index (χ2n) is 6.41. The molecule has 0 bridgehead atoms.